The Kier molecular flexibility index (Phi) is 6.64. The lowest BCUT2D eigenvalue weighted by molar-refractivity contribution is -0.158. The van der Waals surface area contributed by atoms with E-state index in [0.717, 1.165) is 25.7 Å². The molecule has 0 aliphatic heterocycles. The summed E-state index contributed by atoms with van der Waals surface area (Å²) in [5.74, 6) is -0.399. The van der Waals surface area contributed by atoms with Crippen LogP contribution in [0.15, 0.2) is 12.2 Å². The van der Waals surface area contributed by atoms with Gasteiger partial charge in [-0.2, -0.15) is 5.26 Å². The van der Waals surface area contributed by atoms with Crippen molar-refractivity contribution in [2.24, 2.45) is 11.8 Å². The minimum Gasteiger partial charge on any atom is -0.462 e. The second kappa shape index (κ2) is 8.71. The smallest absolute Gasteiger partial charge is 0.330 e. The van der Waals surface area contributed by atoms with Crippen molar-refractivity contribution in [3.05, 3.63) is 12.2 Å². The van der Waals surface area contributed by atoms with Crippen LogP contribution in [0.3, 0.4) is 0 Å². The Morgan fingerprint density at radius 3 is 2.09 bits per heavy atom. The zero-order valence-corrected chi connectivity index (χ0v) is 13.7. The molecule has 5 nitrogen and oxygen atoms in total. The Balaban J connectivity index is 1.70. The van der Waals surface area contributed by atoms with Gasteiger partial charge in [0.1, 0.15) is 12.2 Å². The number of esters is 2. The number of carbonyl (C=O) groups excluding carboxylic acids is 2. The molecule has 126 valence electrons. The molecule has 0 N–H and O–H groups in total. The molecule has 0 aromatic rings. The molecule has 0 atom stereocenters. The van der Waals surface area contributed by atoms with Gasteiger partial charge in [0.2, 0.25) is 0 Å². The van der Waals surface area contributed by atoms with Crippen LogP contribution < -0.4 is 0 Å². The third-order valence-corrected chi connectivity index (χ3v) is 4.73. The second-order valence-corrected chi connectivity index (χ2v) is 6.45. The van der Waals surface area contributed by atoms with Gasteiger partial charge in [-0.15, -0.1) is 0 Å². The normalized spacial score (nSPS) is 31.3. The van der Waals surface area contributed by atoms with Gasteiger partial charge in [0, 0.05) is 12.0 Å². The number of hydrogen-bond donors (Lipinski definition) is 0. The monoisotopic (exact) mass is 319 g/mol. The first-order valence-electron chi connectivity index (χ1n) is 8.55. The van der Waals surface area contributed by atoms with Crippen molar-refractivity contribution in [2.45, 2.75) is 70.5 Å². The summed E-state index contributed by atoms with van der Waals surface area (Å²) < 4.78 is 10.9. The van der Waals surface area contributed by atoms with Gasteiger partial charge in [0.15, 0.2) is 0 Å². The maximum Gasteiger partial charge on any atom is 0.330 e. The zero-order valence-electron chi connectivity index (χ0n) is 13.7. The van der Waals surface area contributed by atoms with E-state index in [4.69, 9.17) is 14.7 Å². The Morgan fingerprint density at radius 2 is 1.52 bits per heavy atom. The summed E-state index contributed by atoms with van der Waals surface area (Å²) in [4.78, 5) is 23.7. The highest BCUT2D eigenvalue weighted by atomic mass is 16.5. The Morgan fingerprint density at radius 1 is 0.957 bits per heavy atom. The van der Waals surface area contributed by atoms with Crippen molar-refractivity contribution in [2.75, 3.05) is 0 Å². The van der Waals surface area contributed by atoms with Gasteiger partial charge < -0.3 is 9.47 Å². The maximum atomic E-state index is 12.2. The third kappa shape index (κ3) is 5.38. The highest BCUT2D eigenvalue weighted by molar-refractivity contribution is 5.82. The van der Waals surface area contributed by atoms with E-state index in [9.17, 15) is 9.59 Å². The van der Waals surface area contributed by atoms with Crippen LogP contribution in [0.2, 0.25) is 0 Å². The van der Waals surface area contributed by atoms with E-state index >= 15 is 0 Å². The molecule has 0 saturated heterocycles. The summed E-state index contributed by atoms with van der Waals surface area (Å²) >= 11 is 0. The molecule has 2 fully saturated rings. The minimum absolute atomic E-state index is 0.0302. The lowest BCUT2D eigenvalue weighted by Crippen LogP contribution is -2.32. The summed E-state index contributed by atoms with van der Waals surface area (Å²) in [5.41, 5.74) is 0. The summed E-state index contributed by atoms with van der Waals surface area (Å²) in [7, 11) is 0. The van der Waals surface area contributed by atoms with Crippen LogP contribution in [0.5, 0.6) is 0 Å². The average molecular weight is 319 g/mol. The molecule has 0 heterocycles. The fourth-order valence-electron chi connectivity index (χ4n) is 3.33. The Bertz CT molecular complexity index is 478. The van der Waals surface area contributed by atoms with Gasteiger partial charge in [-0.25, -0.2) is 4.79 Å². The molecule has 0 aromatic heterocycles. The molecule has 0 aromatic carbocycles. The molecule has 23 heavy (non-hydrogen) atoms. The lowest BCUT2D eigenvalue weighted by atomic mass is 9.86. The molecule has 0 bridgehead atoms. The highest BCUT2D eigenvalue weighted by Gasteiger charge is 2.31. The number of ether oxygens (including phenoxy) is 2. The number of allylic oxidation sites excluding steroid dienone is 1. The summed E-state index contributed by atoms with van der Waals surface area (Å²) in [6.07, 6.45) is 9.02. The van der Waals surface area contributed by atoms with Crippen molar-refractivity contribution < 1.29 is 19.1 Å². The van der Waals surface area contributed by atoms with Gasteiger partial charge in [-0.1, -0.05) is 6.08 Å². The largest absolute Gasteiger partial charge is 0.462 e. The molecule has 0 amide bonds. The third-order valence-electron chi connectivity index (χ3n) is 4.73. The molecular weight excluding hydrogens is 294 g/mol. The summed E-state index contributed by atoms with van der Waals surface area (Å²) in [5, 5.41) is 8.89. The Labute approximate surface area is 137 Å². The number of rotatable bonds is 4. The first kappa shape index (κ1) is 17.5. The Hall–Kier alpha value is -1.83. The predicted octanol–water partition coefficient (Wildman–Crippen LogP) is 3.29. The number of carbonyl (C=O) groups is 2. The van der Waals surface area contributed by atoms with E-state index in [1.54, 1.807) is 13.0 Å². The fourth-order valence-corrected chi connectivity index (χ4v) is 3.33. The molecular formula is C18H25NO4. The zero-order chi connectivity index (χ0) is 16.7. The SMILES string of the molecule is C/C=C/C(=O)O[C@H]1CC[C@H](C(=O)O[C@H]2CC[C@H](C#N)CC2)CC1. The van der Waals surface area contributed by atoms with Crippen LogP contribution in [-0.4, -0.2) is 24.1 Å². The first-order valence-corrected chi connectivity index (χ1v) is 8.55. The molecule has 2 aliphatic rings. The average Bonchev–Trinajstić information content (AvgIpc) is 2.56. The molecule has 2 saturated carbocycles. The van der Waals surface area contributed by atoms with Gasteiger partial charge >= 0.3 is 11.9 Å². The van der Waals surface area contributed by atoms with Gasteiger partial charge in [0.25, 0.3) is 0 Å². The van der Waals surface area contributed by atoms with Crippen molar-refractivity contribution in [3.8, 4) is 6.07 Å². The van der Waals surface area contributed by atoms with Crippen LogP contribution in [0.25, 0.3) is 0 Å². The molecule has 0 spiro atoms. The quantitative estimate of drug-likeness (QED) is 0.587. The van der Waals surface area contributed by atoms with Crippen LogP contribution >= 0.6 is 0 Å². The van der Waals surface area contributed by atoms with Crippen LogP contribution in [0, 0.1) is 23.2 Å². The second-order valence-electron chi connectivity index (χ2n) is 6.45. The molecule has 0 unspecified atom stereocenters. The topological polar surface area (TPSA) is 76.4 Å². The van der Waals surface area contributed by atoms with Crippen molar-refractivity contribution >= 4 is 11.9 Å². The summed E-state index contributed by atoms with van der Waals surface area (Å²) in [6.45, 7) is 1.78. The van der Waals surface area contributed by atoms with E-state index in [0.29, 0.717) is 25.7 Å². The standard InChI is InChI=1S/C18H25NO4/c1-2-3-17(20)22-15-10-6-14(7-11-15)18(21)23-16-8-4-13(12-19)5-9-16/h2-3,13-16H,4-11H2,1H3/b3-2+/t13-,14-,15-,16-. The van der Waals surface area contributed by atoms with Gasteiger partial charge in [-0.05, 0) is 58.3 Å². The predicted molar refractivity (Wildman–Crippen MR) is 84.1 cm³/mol. The fraction of sp³-hybridized carbons (Fsp3) is 0.722. The first-order chi connectivity index (χ1) is 11.1. The number of nitriles is 1. The van der Waals surface area contributed by atoms with E-state index in [2.05, 4.69) is 6.07 Å². The van der Waals surface area contributed by atoms with E-state index in [1.807, 2.05) is 0 Å². The van der Waals surface area contributed by atoms with E-state index in [1.165, 1.54) is 6.08 Å². The molecule has 5 heteroatoms. The highest BCUT2D eigenvalue weighted by Crippen LogP contribution is 2.30. The molecule has 2 rings (SSSR count). The molecule has 2 aliphatic carbocycles. The minimum atomic E-state index is -0.312. The van der Waals surface area contributed by atoms with Crippen molar-refractivity contribution in [1.82, 2.24) is 0 Å². The summed E-state index contributed by atoms with van der Waals surface area (Å²) in [6, 6.07) is 2.28. The van der Waals surface area contributed by atoms with E-state index in [-0.39, 0.29) is 36.0 Å². The van der Waals surface area contributed by atoms with Crippen molar-refractivity contribution in [1.29, 1.82) is 5.26 Å². The van der Waals surface area contributed by atoms with Crippen molar-refractivity contribution in [3.63, 3.8) is 0 Å². The molecule has 0 radical (unpaired) electrons. The number of hydrogen-bond acceptors (Lipinski definition) is 5. The van der Waals surface area contributed by atoms with Crippen LogP contribution in [0.1, 0.15) is 58.3 Å². The maximum absolute atomic E-state index is 12.2. The number of nitrogens with zero attached hydrogens (tertiary/aromatic N) is 1. The van der Waals surface area contributed by atoms with Crippen LogP contribution in [0.4, 0.5) is 0 Å². The van der Waals surface area contributed by atoms with E-state index < -0.39 is 0 Å². The van der Waals surface area contributed by atoms with Crippen LogP contribution in [-0.2, 0) is 19.1 Å². The van der Waals surface area contributed by atoms with Gasteiger partial charge in [0.05, 0.1) is 12.0 Å². The van der Waals surface area contributed by atoms with Gasteiger partial charge in [-0.3, -0.25) is 4.79 Å². The lowest BCUT2D eigenvalue weighted by Gasteiger charge is -2.30.